The van der Waals surface area contributed by atoms with Crippen LogP contribution in [0.2, 0.25) is 0 Å². The van der Waals surface area contributed by atoms with Gasteiger partial charge in [-0.2, -0.15) is 0 Å². The van der Waals surface area contributed by atoms with Crippen molar-refractivity contribution in [2.75, 3.05) is 0 Å². The zero-order chi connectivity index (χ0) is 13.5. The van der Waals surface area contributed by atoms with Crippen LogP contribution < -0.4 is 0 Å². The van der Waals surface area contributed by atoms with Crippen LogP contribution in [-0.4, -0.2) is 0 Å². The van der Waals surface area contributed by atoms with E-state index in [-0.39, 0.29) is 14.9 Å². The van der Waals surface area contributed by atoms with E-state index in [4.69, 9.17) is 0 Å². The number of allylic oxidation sites excluding steroid dienone is 1. The van der Waals surface area contributed by atoms with Gasteiger partial charge in [-0.15, -0.1) is 0 Å². The third-order valence-corrected chi connectivity index (χ3v) is 2.93. The van der Waals surface area contributed by atoms with Gasteiger partial charge in [0.05, 0.1) is 0 Å². The van der Waals surface area contributed by atoms with E-state index in [1.54, 1.807) is 0 Å². The predicted molar refractivity (Wildman–Crippen MR) is 96.0 cm³/mol. The SMILES string of the molecule is [CH]1C(Cc2ccccc2)=Cc2ccccc21.[I][Zr][I]. The van der Waals surface area contributed by atoms with Gasteiger partial charge >= 0.3 is 50.9 Å². The summed E-state index contributed by atoms with van der Waals surface area (Å²) in [6, 6.07) is 19.1. The van der Waals surface area contributed by atoms with E-state index in [9.17, 15) is 0 Å². The summed E-state index contributed by atoms with van der Waals surface area (Å²) in [5, 5.41) is 0. The van der Waals surface area contributed by atoms with Crippen LogP contribution in [0.3, 0.4) is 0 Å². The molecule has 0 bridgehead atoms. The Morgan fingerprint density at radius 3 is 2.00 bits per heavy atom. The van der Waals surface area contributed by atoms with Gasteiger partial charge in [-0.05, 0) is 23.1 Å². The molecule has 0 atom stereocenters. The van der Waals surface area contributed by atoms with Crippen molar-refractivity contribution in [3.63, 3.8) is 0 Å². The van der Waals surface area contributed by atoms with Gasteiger partial charge in [-0.25, -0.2) is 0 Å². The molecular formula is C16H13I2Zr. The van der Waals surface area contributed by atoms with Crippen LogP contribution in [0.1, 0.15) is 16.7 Å². The van der Waals surface area contributed by atoms with Crippen molar-refractivity contribution in [3.8, 4) is 0 Å². The summed E-state index contributed by atoms with van der Waals surface area (Å²) in [4.78, 5) is 0. The molecule has 19 heavy (non-hydrogen) atoms. The van der Waals surface area contributed by atoms with Gasteiger partial charge in [0.1, 0.15) is 0 Å². The summed E-state index contributed by atoms with van der Waals surface area (Å²) in [6.07, 6.45) is 5.58. The van der Waals surface area contributed by atoms with Crippen LogP contribution in [0.25, 0.3) is 6.08 Å². The van der Waals surface area contributed by atoms with Crippen LogP contribution in [0.4, 0.5) is 0 Å². The molecule has 1 radical (unpaired) electrons. The fourth-order valence-electron chi connectivity index (χ4n) is 2.15. The monoisotopic (exact) mass is 549 g/mol. The molecule has 0 saturated carbocycles. The van der Waals surface area contributed by atoms with Gasteiger partial charge in [0, 0.05) is 6.42 Å². The van der Waals surface area contributed by atoms with E-state index in [1.807, 2.05) is 0 Å². The Hall–Kier alpha value is 0.523. The van der Waals surface area contributed by atoms with E-state index < -0.39 is 0 Å². The minimum absolute atomic E-state index is 0.170. The quantitative estimate of drug-likeness (QED) is 0.425. The van der Waals surface area contributed by atoms with Crippen molar-refractivity contribution in [1.82, 2.24) is 0 Å². The molecule has 0 saturated heterocycles. The molecule has 3 heteroatoms. The van der Waals surface area contributed by atoms with Crippen molar-refractivity contribution in [2.45, 2.75) is 6.42 Å². The number of fused-ring (bicyclic) bond motifs is 1. The molecule has 1 aliphatic rings. The molecule has 2 aromatic rings. The Kier molecular flexibility index (Phi) is 7.31. The second kappa shape index (κ2) is 8.73. The molecule has 0 spiro atoms. The predicted octanol–water partition coefficient (Wildman–Crippen LogP) is 5.65. The van der Waals surface area contributed by atoms with Gasteiger partial charge in [-0.3, -0.25) is 0 Å². The van der Waals surface area contributed by atoms with Crippen molar-refractivity contribution in [3.05, 3.63) is 83.3 Å². The van der Waals surface area contributed by atoms with Crippen molar-refractivity contribution < 1.29 is 14.9 Å². The molecule has 2 aromatic carbocycles. The normalized spacial score (nSPS) is 12.0. The first kappa shape index (κ1) is 15.9. The third-order valence-electron chi connectivity index (χ3n) is 2.93. The first-order valence-electron chi connectivity index (χ1n) is 5.98. The van der Waals surface area contributed by atoms with Crippen LogP contribution in [0, 0.1) is 6.42 Å². The maximum absolute atomic E-state index is 2.45. The first-order valence-corrected chi connectivity index (χ1v) is 20.6. The molecular weight excluding hydrogens is 537 g/mol. The van der Waals surface area contributed by atoms with E-state index in [2.05, 4.69) is 103 Å². The molecule has 0 nitrogen and oxygen atoms in total. The fourth-order valence-corrected chi connectivity index (χ4v) is 2.15. The second-order valence-electron chi connectivity index (χ2n) is 4.23. The van der Waals surface area contributed by atoms with Crippen LogP contribution in [-0.2, 0) is 21.3 Å². The molecule has 95 valence electrons. The van der Waals surface area contributed by atoms with Crippen LogP contribution >= 0.6 is 36.1 Å². The Balaban J connectivity index is 0.000000408. The minimum atomic E-state index is 0.170. The van der Waals surface area contributed by atoms with E-state index in [0.29, 0.717) is 0 Å². The van der Waals surface area contributed by atoms with E-state index >= 15 is 0 Å². The Bertz CT molecular complexity index is 550. The van der Waals surface area contributed by atoms with Gasteiger partial charge in [-0.1, -0.05) is 66.2 Å². The summed E-state index contributed by atoms with van der Waals surface area (Å²) < 4.78 is 0. The number of halogens is 2. The topological polar surface area (TPSA) is 0 Å². The summed E-state index contributed by atoms with van der Waals surface area (Å²) >= 11 is 5.06. The molecule has 0 aromatic heterocycles. The molecule has 0 unspecified atom stereocenters. The fraction of sp³-hybridized carbons (Fsp3) is 0.0625. The van der Waals surface area contributed by atoms with Crippen molar-refractivity contribution >= 4 is 42.2 Å². The summed E-state index contributed by atoms with van der Waals surface area (Å²) in [7, 11) is 0. The molecule has 0 N–H and O–H groups in total. The molecule has 0 amide bonds. The summed E-state index contributed by atoms with van der Waals surface area (Å²) in [5.41, 5.74) is 5.45. The van der Waals surface area contributed by atoms with Crippen LogP contribution in [0.15, 0.2) is 60.2 Å². The summed E-state index contributed by atoms with van der Waals surface area (Å²) in [5.74, 6) is 0. The molecule has 0 fully saturated rings. The van der Waals surface area contributed by atoms with Gasteiger partial charge in [0.15, 0.2) is 0 Å². The van der Waals surface area contributed by atoms with Gasteiger partial charge < -0.3 is 0 Å². The molecule has 3 rings (SSSR count). The standard InChI is InChI=1S/C16H13.2HI.Zr/c1-2-6-13(7-3-1)10-14-11-15-8-4-5-9-16(15)12-14;;;/h1-9,11-12H,10H2;2*1H;/q;;;+2/p-2. The Labute approximate surface area is 145 Å². The Morgan fingerprint density at radius 1 is 0.789 bits per heavy atom. The molecule has 1 aliphatic carbocycles. The third kappa shape index (κ3) is 5.09. The Morgan fingerprint density at radius 2 is 1.37 bits per heavy atom. The summed E-state index contributed by atoms with van der Waals surface area (Å²) in [6.45, 7) is 0. The van der Waals surface area contributed by atoms with E-state index in [1.165, 1.54) is 22.3 Å². The zero-order valence-corrected chi connectivity index (χ0v) is 17.1. The van der Waals surface area contributed by atoms with Crippen molar-refractivity contribution in [1.29, 1.82) is 0 Å². The zero-order valence-electron chi connectivity index (χ0n) is 10.3. The molecule has 0 aliphatic heterocycles. The first-order chi connectivity index (χ1) is 9.33. The van der Waals surface area contributed by atoms with E-state index in [0.717, 1.165) is 6.42 Å². The second-order valence-corrected chi connectivity index (χ2v) is 23.2. The van der Waals surface area contributed by atoms with Crippen LogP contribution in [0.5, 0.6) is 0 Å². The maximum atomic E-state index is 2.45. The van der Waals surface area contributed by atoms with Crippen molar-refractivity contribution in [2.24, 2.45) is 0 Å². The molecule has 0 heterocycles. The average molecular weight is 550 g/mol. The average Bonchev–Trinajstić information content (AvgIpc) is 2.83. The number of rotatable bonds is 2. The number of hydrogen-bond acceptors (Lipinski definition) is 0. The van der Waals surface area contributed by atoms with Gasteiger partial charge in [0.25, 0.3) is 0 Å². The number of hydrogen-bond donors (Lipinski definition) is 0. The van der Waals surface area contributed by atoms with Gasteiger partial charge in [0.2, 0.25) is 0 Å². The number of benzene rings is 2.